The van der Waals surface area contributed by atoms with Crippen LogP contribution in [-0.2, 0) is 4.74 Å². The summed E-state index contributed by atoms with van der Waals surface area (Å²) in [7, 11) is 0. The van der Waals surface area contributed by atoms with Gasteiger partial charge in [0.1, 0.15) is 6.10 Å². The Balaban J connectivity index is 1.56. The van der Waals surface area contributed by atoms with E-state index in [1.807, 2.05) is 41.3 Å². The molecule has 1 aliphatic rings. The minimum atomic E-state index is -0.218. The molecule has 1 aliphatic heterocycles. The predicted molar refractivity (Wildman–Crippen MR) is 103 cm³/mol. The number of hydrogen-bond donors (Lipinski definition) is 0. The van der Waals surface area contributed by atoms with Gasteiger partial charge in [0, 0.05) is 23.7 Å². The zero-order valence-corrected chi connectivity index (χ0v) is 15.4. The summed E-state index contributed by atoms with van der Waals surface area (Å²) in [4.78, 5) is 19.1. The van der Waals surface area contributed by atoms with Gasteiger partial charge >= 0.3 is 0 Å². The largest absolute Gasteiger partial charge is 0.370 e. The Morgan fingerprint density at radius 3 is 2.85 bits per heavy atom. The van der Waals surface area contributed by atoms with Crippen molar-refractivity contribution in [1.29, 1.82) is 0 Å². The zero-order chi connectivity index (χ0) is 18.1. The van der Waals surface area contributed by atoms with E-state index in [1.165, 1.54) is 0 Å². The van der Waals surface area contributed by atoms with Crippen molar-refractivity contribution in [2.24, 2.45) is 0 Å². The lowest BCUT2D eigenvalue weighted by atomic mass is 10.1. The summed E-state index contributed by atoms with van der Waals surface area (Å²) in [6.45, 7) is 1.51. The number of benzene rings is 2. The van der Waals surface area contributed by atoms with Crippen molar-refractivity contribution in [3.63, 3.8) is 0 Å². The van der Waals surface area contributed by atoms with Gasteiger partial charge in [0.25, 0.3) is 5.91 Å². The third kappa shape index (κ3) is 3.40. The van der Waals surface area contributed by atoms with E-state index in [4.69, 9.17) is 27.9 Å². The molecule has 26 heavy (non-hydrogen) atoms. The molecule has 0 unspecified atom stereocenters. The SMILES string of the molecule is O=C(c1ccc2ncccc2c1)N1CCO[C@@H](c2ccc(Cl)c(Cl)c2)C1. The van der Waals surface area contributed by atoms with E-state index in [-0.39, 0.29) is 12.0 Å². The van der Waals surface area contributed by atoms with Gasteiger partial charge in [0.2, 0.25) is 0 Å². The van der Waals surface area contributed by atoms with Gasteiger partial charge in [-0.1, -0.05) is 35.3 Å². The highest BCUT2D eigenvalue weighted by Crippen LogP contribution is 2.29. The van der Waals surface area contributed by atoms with Crippen LogP contribution in [0.5, 0.6) is 0 Å². The molecule has 0 radical (unpaired) electrons. The summed E-state index contributed by atoms with van der Waals surface area (Å²) in [5.74, 6) is -0.0101. The van der Waals surface area contributed by atoms with Crippen molar-refractivity contribution < 1.29 is 9.53 Å². The van der Waals surface area contributed by atoms with Gasteiger partial charge in [-0.05, 0) is 42.0 Å². The molecule has 0 saturated carbocycles. The molecule has 0 bridgehead atoms. The number of ether oxygens (including phenoxy) is 1. The molecule has 4 rings (SSSR count). The quantitative estimate of drug-likeness (QED) is 0.637. The lowest BCUT2D eigenvalue weighted by Crippen LogP contribution is -2.42. The number of nitrogens with zero attached hydrogens (tertiary/aromatic N) is 2. The molecule has 2 heterocycles. The highest BCUT2D eigenvalue weighted by atomic mass is 35.5. The van der Waals surface area contributed by atoms with Crippen LogP contribution in [-0.4, -0.2) is 35.5 Å². The Morgan fingerprint density at radius 2 is 2.00 bits per heavy atom. The average Bonchev–Trinajstić information content (AvgIpc) is 2.69. The van der Waals surface area contributed by atoms with Crippen molar-refractivity contribution in [2.75, 3.05) is 19.7 Å². The topological polar surface area (TPSA) is 42.4 Å². The summed E-state index contributed by atoms with van der Waals surface area (Å²) in [6.07, 6.45) is 1.53. The van der Waals surface area contributed by atoms with Crippen LogP contribution in [0.3, 0.4) is 0 Å². The van der Waals surface area contributed by atoms with E-state index in [0.29, 0.717) is 35.3 Å². The lowest BCUT2D eigenvalue weighted by molar-refractivity contribution is -0.0228. The number of carbonyl (C=O) groups excluding carboxylic acids is 1. The normalized spacial score (nSPS) is 17.5. The fraction of sp³-hybridized carbons (Fsp3) is 0.200. The Bertz CT molecular complexity index is 977. The number of rotatable bonds is 2. The molecule has 2 aromatic carbocycles. The third-order valence-corrected chi connectivity index (χ3v) is 5.26. The summed E-state index contributed by atoms with van der Waals surface area (Å²) in [5, 5.41) is 1.94. The summed E-state index contributed by atoms with van der Waals surface area (Å²) >= 11 is 12.1. The van der Waals surface area contributed by atoms with E-state index in [2.05, 4.69) is 4.98 Å². The van der Waals surface area contributed by atoms with E-state index in [1.54, 1.807) is 18.3 Å². The van der Waals surface area contributed by atoms with Gasteiger partial charge < -0.3 is 9.64 Å². The van der Waals surface area contributed by atoms with E-state index < -0.39 is 0 Å². The van der Waals surface area contributed by atoms with E-state index in [9.17, 15) is 4.79 Å². The Labute approximate surface area is 161 Å². The van der Waals surface area contributed by atoms with Gasteiger partial charge in [-0.3, -0.25) is 9.78 Å². The van der Waals surface area contributed by atoms with Crippen LogP contribution in [0.4, 0.5) is 0 Å². The standard InChI is InChI=1S/C20H16Cl2N2O2/c21-16-5-3-14(11-17(16)22)19-12-24(8-9-26-19)20(25)15-4-6-18-13(10-15)2-1-7-23-18/h1-7,10-11,19H,8-9,12H2/t19-/m1/s1. The average molecular weight is 387 g/mol. The van der Waals surface area contributed by atoms with Crippen LogP contribution < -0.4 is 0 Å². The number of amides is 1. The first-order valence-electron chi connectivity index (χ1n) is 8.32. The maximum Gasteiger partial charge on any atom is 0.254 e. The number of morpholine rings is 1. The number of hydrogen-bond acceptors (Lipinski definition) is 3. The Kier molecular flexibility index (Phi) is 4.81. The van der Waals surface area contributed by atoms with E-state index in [0.717, 1.165) is 16.5 Å². The van der Waals surface area contributed by atoms with Crippen molar-refractivity contribution in [3.8, 4) is 0 Å². The minimum absolute atomic E-state index is 0.0101. The van der Waals surface area contributed by atoms with E-state index >= 15 is 0 Å². The van der Waals surface area contributed by atoms with Gasteiger partial charge in [-0.2, -0.15) is 0 Å². The first-order valence-corrected chi connectivity index (χ1v) is 9.08. The monoisotopic (exact) mass is 386 g/mol. The molecule has 1 atom stereocenters. The Morgan fingerprint density at radius 1 is 1.12 bits per heavy atom. The summed E-state index contributed by atoms with van der Waals surface area (Å²) < 4.78 is 5.84. The summed E-state index contributed by atoms with van der Waals surface area (Å²) in [5.41, 5.74) is 2.44. The van der Waals surface area contributed by atoms with Gasteiger partial charge in [0.15, 0.2) is 0 Å². The van der Waals surface area contributed by atoms with Gasteiger partial charge in [-0.25, -0.2) is 0 Å². The molecular formula is C20H16Cl2N2O2. The van der Waals surface area contributed by atoms with Crippen molar-refractivity contribution in [1.82, 2.24) is 9.88 Å². The number of pyridine rings is 1. The molecule has 4 nitrogen and oxygen atoms in total. The molecule has 3 aromatic rings. The molecule has 1 saturated heterocycles. The molecule has 132 valence electrons. The van der Waals surface area contributed by atoms with Gasteiger partial charge in [-0.15, -0.1) is 0 Å². The lowest BCUT2D eigenvalue weighted by Gasteiger charge is -2.33. The molecule has 0 N–H and O–H groups in total. The molecule has 1 amide bonds. The first-order chi connectivity index (χ1) is 12.6. The van der Waals surface area contributed by atoms with Crippen LogP contribution >= 0.6 is 23.2 Å². The first kappa shape index (κ1) is 17.3. The van der Waals surface area contributed by atoms with Crippen LogP contribution in [0.25, 0.3) is 10.9 Å². The minimum Gasteiger partial charge on any atom is -0.370 e. The second-order valence-corrected chi connectivity index (χ2v) is 7.01. The fourth-order valence-electron chi connectivity index (χ4n) is 3.14. The highest BCUT2D eigenvalue weighted by molar-refractivity contribution is 6.42. The second kappa shape index (κ2) is 7.23. The molecule has 1 aromatic heterocycles. The molecule has 1 fully saturated rings. The molecule has 6 heteroatoms. The highest BCUT2D eigenvalue weighted by Gasteiger charge is 2.26. The maximum absolute atomic E-state index is 12.9. The fourth-order valence-corrected chi connectivity index (χ4v) is 3.45. The Hall–Kier alpha value is -2.14. The van der Waals surface area contributed by atoms with Crippen LogP contribution in [0, 0.1) is 0 Å². The van der Waals surface area contributed by atoms with Crippen molar-refractivity contribution in [3.05, 3.63) is 75.9 Å². The number of halogens is 2. The maximum atomic E-state index is 12.9. The molecule has 0 spiro atoms. The number of fused-ring (bicyclic) bond motifs is 1. The van der Waals surface area contributed by atoms with Crippen molar-refractivity contribution in [2.45, 2.75) is 6.10 Å². The molecular weight excluding hydrogens is 371 g/mol. The van der Waals surface area contributed by atoms with Crippen LogP contribution in [0.2, 0.25) is 10.0 Å². The van der Waals surface area contributed by atoms with Crippen LogP contribution in [0.15, 0.2) is 54.7 Å². The second-order valence-electron chi connectivity index (χ2n) is 6.20. The number of aromatic nitrogens is 1. The smallest absolute Gasteiger partial charge is 0.254 e. The zero-order valence-electron chi connectivity index (χ0n) is 13.9. The molecule has 0 aliphatic carbocycles. The van der Waals surface area contributed by atoms with Crippen molar-refractivity contribution >= 4 is 40.0 Å². The number of carbonyl (C=O) groups is 1. The predicted octanol–water partition coefficient (Wildman–Crippen LogP) is 4.76. The van der Waals surface area contributed by atoms with Gasteiger partial charge in [0.05, 0.1) is 28.7 Å². The van der Waals surface area contributed by atoms with Crippen LogP contribution in [0.1, 0.15) is 22.0 Å². The summed E-state index contributed by atoms with van der Waals surface area (Å²) in [6, 6.07) is 14.8. The third-order valence-electron chi connectivity index (χ3n) is 4.52.